The first-order valence-electron chi connectivity index (χ1n) is 16.4. The molecule has 2 heteroatoms. The number of rotatable bonds is 16. The van der Waals surface area contributed by atoms with Crippen molar-refractivity contribution in [1.82, 2.24) is 9.97 Å². The Labute approximate surface area is 248 Å². The van der Waals surface area contributed by atoms with E-state index in [0.29, 0.717) is 0 Å². The normalized spacial score (nSPS) is 13.2. The molecule has 1 aliphatic carbocycles. The molecule has 0 N–H and O–H groups in total. The van der Waals surface area contributed by atoms with Gasteiger partial charge in [-0.2, -0.15) is 0 Å². The zero-order valence-corrected chi connectivity index (χ0v) is 25.4. The van der Waals surface area contributed by atoms with Gasteiger partial charge in [-0.25, -0.2) is 0 Å². The summed E-state index contributed by atoms with van der Waals surface area (Å²) in [6, 6.07) is 22.9. The van der Waals surface area contributed by atoms with Crippen molar-refractivity contribution in [3.8, 4) is 33.4 Å². The zero-order chi connectivity index (χ0) is 28.3. The lowest BCUT2D eigenvalue weighted by Gasteiger charge is -2.33. The van der Waals surface area contributed by atoms with Gasteiger partial charge in [-0.3, -0.25) is 9.97 Å². The van der Waals surface area contributed by atoms with E-state index in [1.54, 1.807) is 11.1 Å². The number of aromatic nitrogens is 2. The molecule has 41 heavy (non-hydrogen) atoms. The highest BCUT2D eigenvalue weighted by Crippen LogP contribution is 2.55. The summed E-state index contributed by atoms with van der Waals surface area (Å²) in [5, 5.41) is 0. The lowest BCUT2D eigenvalue weighted by molar-refractivity contribution is 0.398. The van der Waals surface area contributed by atoms with Gasteiger partial charge in [0.05, 0.1) is 0 Å². The van der Waals surface area contributed by atoms with Gasteiger partial charge in [0, 0.05) is 30.2 Å². The van der Waals surface area contributed by atoms with E-state index in [4.69, 9.17) is 0 Å². The topological polar surface area (TPSA) is 25.8 Å². The van der Waals surface area contributed by atoms with Gasteiger partial charge in [-0.1, -0.05) is 127 Å². The van der Waals surface area contributed by atoms with Gasteiger partial charge in [0.1, 0.15) is 0 Å². The SMILES string of the molecule is CCCCCCCCC1(CCCCCCCC)c2cc(-c3cccnc3)ccc2-c2ccc(-c3cccnc3)cc21. The predicted octanol–water partition coefficient (Wildman–Crippen LogP) is 11.6. The second kappa shape index (κ2) is 14.6. The second-order valence-corrected chi connectivity index (χ2v) is 12.1. The number of unbranched alkanes of at least 4 members (excludes halogenated alkanes) is 10. The van der Waals surface area contributed by atoms with Crippen LogP contribution in [-0.2, 0) is 5.41 Å². The van der Waals surface area contributed by atoms with Crippen molar-refractivity contribution in [2.75, 3.05) is 0 Å². The maximum absolute atomic E-state index is 4.44. The van der Waals surface area contributed by atoms with E-state index in [9.17, 15) is 0 Å². The van der Waals surface area contributed by atoms with Gasteiger partial charge in [-0.05, 0) is 81.6 Å². The minimum absolute atomic E-state index is 0.0522. The van der Waals surface area contributed by atoms with Gasteiger partial charge in [0.15, 0.2) is 0 Å². The van der Waals surface area contributed by atoms with Gasteiger partial charge in [0.2, 0.25) is 0 Å². The van der Waals surface area contributed by atoms with Crippen LogP contribution in [-0.4, -0.2) is 9.97 Å². The Kier molecular flexibility index (Phi) is 10.4. The van der Waals surface area contributed by atoms with Crippen molar-refractivity contribution >= 4 is 0 Å². The van der Waals surface area contributed by atoms with Crippen LogP contribution in [0, 0.1) is 0 Å². The lowest BCUT2D eigenvalue weighted by Crippen LogP contribution is -2.25. The maximum atomic E-state index is 4.44. The first-order chi connectivity index (χ1) is 20.3. The van der Waals surface area contributed by atoms with E-state index < -0.39 is 0 Å². The summed E-state index contributed by atoms with van der Waals surface area (Å²) in [6.45, 7) is 4.61. The van der Waals surface area contributed by atoms with E-state index in [0.717, 1.165) is 0 Å². The van der Waals surface area contributed by atoms with Gasteiger partial charge in [0.25, 0.3) is 0 Å². The first-order valence-corrected chi connectivity index (χ1v) is 16.4. The molecule has 0 atom stereocenters. The van der Waals surface area contributed by atoms with Crippen LogP contribution < -0.4 is 0 Å². The molecular weight excluding hydrogens is 496 g/mol. The summed E-state index contributed by atoms with van der Waals surface area (Å²) in [4.78, 5) is 8.88. The minimum atomic E-state index is 0.0522. The Morgan fingerprint density at radius 1 is 0.488 bits per heavy atom. The third-order valence-electron chi connectivity index (χ3n) is 9.26. The Bertz CT molecular complexity index is 1250. The Morgan fingerprint density at radius 3 is 1.34 bits per heavy atom. The first kappa shape index (κ1) is 29.2. The Morgan fingerprint density at radius 2 is 0.927 bits per heavy atom. The van der Waals surface area contributed by atoms with Crippen molar-refractivity contribution in [2.45, 2.75) is 109 Å². The largest absolute Gasteiger partial charge is 0.264 e. The van der Waals surface area contributed by atoms with Crippen molar-refractivity contribution in [1.29, 1.82) is 0 Å². The highest BCUT2D eigenvalue weighted by atomic mass is 14.6. The van der Waals surface area contributed by atoms with Crippen LogP contribution in [0.2, 0.25) is 0 Å². The van der Waals surface area contributed by atoms with Crippen LogP contribution in [0.5, 0.6) is 0 Å². The predicted molar refractivity (Wildman–Crippen MR) is 175 cm³/mol. The van der Waals surface area contributed by atoms with Gasteiger partial charge < -0.3 is 0 Å². The lowest BCUT2D eigenvalue weighted by atomic mass is 9.70. The average molecular weight is 545 g/mol. The summed E-state index contributed by atoms with van der Waals surface area (Å²) < 4.78 is 0. The van der Waals surface area contributed by atoms with Crippen LogP contribution >= 0.6 is 0 Å². The molecule has 2 aromatic heterocycles. The van der Waals surface area contributed by atoms with Gasteiger partial charge in [-0.15, -0.1) is 0 Å². The molecule has 0 saturated heterocycles. The second-order valence-electron chi connectivity index (χ2n) is 12.1. The number of hydrogen-bond donors (Lipinski definition) is 0. The van der Waals surface area contributed by atoms with Crippen molar-refractivity contribution in [3.05, 3.63) is 96.6 Å². The molecule has 0 unspecified atom stereocenters. The van der Waals surface area contributed by atoms with Crippen LogP contribution in [0.1, 0.15) is 115 Å². The van der Waals surface area contributed by atoms with E-state index >= 15 is 0 Å². The molecule has 2 heterocycles. The number of nitrogens with zero attached hydrogens (tertiary/aromatic N) is 2. The third-order valence-corrected chi connectivity index (χ3v) is 9.26. The smallest absolute Gasteiger partial charge is 0.0346 e. The molecule has 0 amide bonds. The summed E-state index contributed by atoms with van der Waals surface area (Å²) in [7, 11) is 0. The van der Waals surface area contributed by atoms with Crippen LogP contribution in [0.15, 0.2) is 85.5 Å². The molecule has 0 aliphatic heterocycles. The minimum Gasteiger partial charge on any atom is -0.264 e. The third kappa shape index (κ3) is 6.80. The van der Waals surface area contributed by atoms with Crippen molar-refractivity contribution in [2.24, 2.45) is 0 Å². The van der Waals surface area contributed by atoms with Gasteiger partial charge >= 0.3 is 0 Å². The average Bonchev–Trinajstić information content (AvgIpc) is 3.30. The molecule has 0 bridgehead atoms. The molecule has 214 valence electrons. The fraction of sp³-hybridized carbons (Fsp3) is 0.436. The van der Waals surface area contributed by atoms with Crippen LogP contribution in [0.25, 0.3) is 33.4 Å². The highest BCUT2D eigenvalue weighted by molar-refractivity contribution is 5.86. The number of fused-ring (bicyclic) bond motifs is 3. The molecule has 0 radical (unpaired) electrons. The summed E-state index contributed by atoms with van der Waals surface area (Å²) >= 11 is 0. The van der Waals surface area contributed by atoms with E-state index in [1.165, 1.54) is 123 Å². The molecular formula is C39H48N2. The Hall–Kier alpha value is -3.26. The maximum Gasteiger partial charge on any atom is 0.0346 e. The van der Waals surface area contributed by atoms with E-state index in [1.807, 2.05) is 24.8 Å². The molecule has 0 spiro atoms. The van der Waals surface area contributed by atoms with Crippen LogP contribution in [0.3, 0.4) is 0 Å². The Balaban J connectivity index is 1.55. The summed E-state index contributed by atoms with van der Waals surface area (Å²) in [5.74, 6) is 0. The summed E-state index contributed by atoms with van der Waals surface area (Å²) in [6.07, 6.45) is 26.2. The standard InChI is InChI=1S/C39H48N2/c1-3-5-7-9-11-13-23-39(24-14-12-10-8-6-4-2)37-27-31(33-17-15-25-40-29-33)19-21-35(37)36-22-20-32(28-38(36)39)34-18-16-26-41-30-34/h15-22,25-30H,3-14,23-24H2,1-2H3. The highest BCUT2D eigenvalue weighted by Gasteiger charge is 2.42. The van der Waals surface area contributed by atoms with E-state index in [2.05, 4.69) is 84.5 Å². The molecule has 0 fully saturated rings. The molecule has 1 aliphatic rings. The number of hydrogen-bond acceptors (Lipinski definition) is 2. The quantitative estimate of drug-likeness (QED) is 0.131. The number of pyridine rings is 2. The molecule has 5 rings (SSSR count). The monoisotopic (exact) mass is 544 g/mol. The fourth-order valence-corrected chi connectivity index (χ4v) is 7.00. The summed E-state index contributed by atoms with van der Waals surface area (Å²) in [5.41, 5.74) is 11.0. The number of benzene rings is 2. The molecule has 2 aromatic carbocycles. The fourth-order valence-electron chi connectivity index (χ4n) is 7.00. The van der Waals surface area contributed by atoms with Crippen molar-refractivity contribution < 1.29 is 0 Å². The molecule has 2 nitrogen and oxygen atoms in total. The van der Waals surface area contributed by atoms with Crippen LogP contribution in [0.4, 0.5) is 0 Å². The van der Waals surface area contributed by atoms with Crippen molar-refractivity contribution in [3.63, 3.8) is 0 Å². The molecule has 0 saturated carbocycles. The van der Waals surface area contributed by atoms with E-state index in [-0.39, 0.29) is 5.41 Å². The zero-order valence-electron chi connectivity index (χ0n) is 25.4. The molecule has 4 aromatic rings.